The van der Waals surface area contributed by atoms with Crippen molar-refractivity contribution in [2.24, 2.45) is 5.92 Å². The Bertz CT molecular complexity index is 948. The van der Waals surface area contributed by atoms with Crippen LogP contribution in [-0.4, -0.2) is 93.4 Å². The standard InChI is InChI=1S/C24H36N4O5S/c29-23(19-26-12-8-20(9-13-26)24(30)27-10-3-1-2-4-11-27)25-21-6-5-7-22(18-21)34(31,32)28-14-16-33-17-15-28/h5-7,18,20H,1-4,8-17,19H2,(H,25,29). The molecule has 2 amide bonds. The van der Waals surface area contributed by atoms with Crippen molar-refractivity contribution in [3.8, 4) is 0 Å². The van der Waals surface area contributed by atoms with Crippen LogP contribution >= 0.6 is 0 Å². The van der Waals surface area contributed by atoms with Gasteiger partial charge in [0.05, 0.1) is 24.7 Å². The molecule has 4 rings (SSSR count). The van der Waals surface area contributed by atoms with Gasteiger partial charge in [-0.3, -0.25) is 14.5 Å². The Morgan fingerprint density at radius 1 is 0.941 bits per heavy atom. The van der Waals surface area contributed by atoms with E-state index < -0.39 is 10.0 Å². The first-order chi connectivity index (χ1) is 16.4. The summed E-state index contributed by atoms with van der Waals surface area (Å²) in [4.78, 5) is 29.8. The molecule has 34 heavy (non-hydrogen) atoms. The third-order valence-electron chi connectivity index (χ3n) is 6.95. The predicted molar refractivity (Wildman–Crippen MR) is 129 cm³/mol. The van der Waals surface area contributed by atoms with E-state index in [0.29, 0.717) is 45.1 Å². The second-order valence-corrected chi connectivity index (χ2v) is 11.3. The highest BCUT2D eigenvalue weighted by molar-refractivity contribution is 7.89. The third-order valence-corrected chi connectivity index (χ3v) is 8.84. The second kappa shape index (κ2) is 11.6. The van der Waals surface area contributed by atoms with E-state index in [2.05, 4.69) is 10.2 Å². The van der Waals surface area contributed by atoms with Crippen molar-refractivity contribution >= 4 is 27.5 Å². The zero-order chi connectivity index (χ0) is 24.0. The molecule has 0 radical (unpaired) electrons. The Kier molecular flexibility index (Phi) is 8.57. The van der Waals surface area contributed by atoms with Gasteiger partial charge < -0.3 is 15.0 Å². The predicted octanol–water partition coefficient (Wildman–Crippen LogP) is 1.76. The van der Waals surface area contributed by atoms with Crippen LogP contribution in [0, 0.1) is 5.92 Å². The molecule has 1 aromatic carbocycles. The average molecular weight is 493 g/mol. The lowest BCUT2D eigenvalue weighted by molar-refractivity contribution is -0.137. The fourth-order valence-electron chi connectivity index (χ4n) is 4.96. The van der Waals surface area contributed by atoms with Crippen molar-refractivity contribution in [3.63, 3.8) is 0 Å². The number of sulfonamides is 1. The topological polar surface area (TPSA) is 99.3 Å². The molecule has 9 nitrogen and oxygen atoms in total. The highest BCUT2D eigenvalue weighted by Gasteiger charge is 2.30. The van der Waals surface area contributed by atoms with Gasteiger partial charge in [0.25, 0.3) is 0 Å². The molecule has 3 aliphatic rings. The van der Waals surface area contributed by atoms with Crippen LogP contribution in [0.3, 0.4) is 0 Å². The van der Waals surface area contributed by atoms with Crippen LogP contribution in [0.2, 0.25) is 0 Å². The molecule has 0 aliphatic carbocycles. The first-order valence-electron chi connectivity index (χ1n) is 12.4. The molecule has 1 aromatic rings. The molecular weight excluding hydrogens is 456 g/mol. The van der Waals surface area contributed by atoms with Gasteiger partial charge in [-0.05, 0) is 57.0 Å². The van der Waals surface area contributed by atoms with Crippen LogP contribution in [-0.2, 0) is 24.3 Å². The number of morpholine rings is 1. The fourth-order valence-corrected chi connectivity index (χ4v) is 6.42. The van der Waals surface area contributed by atoms with Gasteiger partial charge in [0, 0.05) is 37.8 Å². The molecule has 0 aromatic heterocycles. The number of likely N-dealkylation sites (tertiary alicyclic amines) is 2. The zero-order valence-corrected chi connectivity index (χ0v) is 20.6. The lowest BCUT2D eigenvalue weighted by Crippen LogP contribution is -2.44. The number of piperidine rings is 1. The molecule has 3 fully saturated rings. The van der Waals surface area contributed by atoms with Crippen molar-refractivity contribution in [2.45, 2.75) is 43.4 Å². The van der Waals surface area contributed by atoms with Gasteiger partial charge in [-0.1, -0.05) is 18.9 Å². The first-order valence-corrected chi connectivity index (χ1v) is 13.9. The van der Waals surface area contributed by atoms with Crippen LogP contribution in [0.15, 0.2) is 29.2 Å². The quantitative estimate of drug-likeness (QED) is 0.650. The monoisotopic (exact) mass is 492 g/mol. The lowest BCUT2D eigenvalue weighted by Gasteiger charge is -2.33. The van der Waals surface area contributed by atoms with Gasteiger partial charge in [-0.25, -0.2) is 8.42 Å². The smallest absolute Gasteiger partial charge is 0.243 e. The Morgan fingerprint density at radius 3 is 2.29 bits per heavy atom. The molecule has 3 saturated heterocycles. The molecule has 1 N–H and O–H groups in total. The minimum Gasteiger partial charge on any atom is -0.379 e. The molecule has 0 unspecified atom stereocenters. The van der Waals surface area contributed by atoms with E-state index in [4.69, 9.17) is 4.74 Å². The highest BCUT2D eigenvalue weighted by Crippen LogP contribution is 2.23. The summed E-state index contributed by atoms with van der Waals surface area (Å²) in [6.07, 6.45) is 6.16. The number of ether oxygens (including phenoxy) is 1. The highest BCUT2D eigenvalue weighted by atomic mass is 32.2. The van der Waals surface area contributed by atoms with E-state index in [1.54, 1.807) is 18.2 Å². The van der Waals surface area contributed by atoms with Gasteiger partial charge in [-0.15, -0.1) is 0 Å². The molecule has 0 spiro atoms. The summed E-state index contributed by atoms with van der Waals surface area (Å²) in [6.45, 7) is 4.83. The summed E-state index contributed by atoms with van der Waals surface area (Å²) in [7, 11) is -3.62. The van der Waals surface area contributed by atoms with Crippen LogP contribution in [0.25, 0.3) is 0 Å². The van der Waals surface area contributed by atoms with Gasteiger partial charge in [0.2, 0.25) is 21.8 Å². The molecule has 3 aliphatic heterocycles. The van der Waals surface area contributed by atoms with E-state index in [-0.39, 0.29) is 29.2 Å². The summed E-state index contributed by atoms with van der Waals surface area (Å²) < 4.78 is 32.4. The van der Waals surface area contributed by atoms with Crippen molar-refractivity contribution in [1.29, 1.82) is 0 Å². The number of amides is 2. The van der Waals surface area contributed by atoms with E-state index in [1.165, 1.54) is 23.2 Å². The SMILES string of the molecule is O=C(CN1CCC(C(=O)N2CCCCCC2)CC1)Nc1cccc(S(=O)(=O)N2CCOCC2)c1. The van der Waals surface area contributed by atoms with Crippen molar-refractivity contribution in [3.05, 3.63) is 24.3 Å². The Balaban J connectivity index is 1.27. The molecule has 3 heterocycles. The minimum atomic E-state index is -3.62. The molecular formula is C24H36N4O5S. The number of hydrogen-bond acceptors (Lipinski definition) is 6. The Morgan fingerprint density at radius 2 is 1.62 bits per heavy atom. The maximum atomic E-state index is 12.9. The molecule has 0 bridgehead atoms. The van der Waals surface area contributed by atoms with Crippen molar-refractivity contribution in [2.75, 3.05) is 64.3 Å². The number of benzene rings is 1. The van der Waals surface area contributed by atoms with Crippen LogP contribution < -0.4 is 5.32 Å². The van der Waals surface area contributed by atoms with Gasteiger partial charge in [0.1, 0.15) is 0 Å². The number of nitrogens with one attached hydrogen (secondary N) is 1. The summed E-state index contributed by atoms with van der Waals surface area (Å²) in [6, 6.07) is 6.40. The van der Waals surface area contributed by atoms with E-state index in [9.17, 15) is 18.0 Å². The lowest BCUT2D eigenvalue weighted by atomic mass is 9.95. The van der Waals surface area contributed by atoms with Gasteiger partial charge in [0.15, 0.2) is 0 Å². The average Bonchev–Trinajstić information content (AvgIpc) is 3.14. The van der Waals surface area contributed by atoms with Gasteiger partial charge >= 0.3 is 0 Å². The zero-order valence-electron chi connectivity index (χ0n) is 19.8. The number of rotatable bonds is 6. The minimum absolute atomic E-state index is 0.0551. The third kappa shape index (κ3) is 6.35. The summed E-state index contributed by atoms with van der Waals surface area (Å²) in [5.74, 6) is 0.155. The van der Waals surface area contributed by atoms with E-state index in [1.807, 2.05) is 4.90 Å². The van der Waals surface area contributed by atoms with Crippen molar-refractivity contribution in [1.82, 2.24) is 14.1 Å². The number of hydrogen-bond donors (Lipinski definition) is 1. The first kappa shape index (κ1) is 25.1. The molecule has 0 atom stereocenters. The number of anilines is 1. The van der Waals surface area contributed by atoms with Crippen LogP contribution in [0.1, 0.15) is 38.5 Å². The second-order valence-electron chi connectivity index (χ2n) is 9.38. The number of nitrogens with zero attached hydrogens (tertiary/aromatic N) is 3. The molecule has 0 saturated carbocycles. The van der Waals surface area contributed by atoms with E-state index in [0.717, 1.165) is 38.8 Å². The summed E-state index contributed by atoms with van der Waals surface area (Å²) in [5, 5.41) is 2.83. The van der Waals surface area contributed by atoms with Gasteiger partial charge in [-0.2, -0.15) is 4.31 Å². The van der Waals surface area contributed by atoms with Crippen molar-refractivity contribution < 1.29 is 22.7 Å². The maximum absolute atomic E-state index is 12.9. The fraction of sp³-hybridized carbons (Fsp3) is 0.667. The number of carbonyl (C=O) groups excluding carboxylic acids is 2. The summed E-state index contributed by atoms with van der Waals surface area (Å²) in [5.41, 5.74) is 0.463. The molecule has 10 heteroatoms. The molecule has 188 valence electrons. The Labute approximate surface area is 202 Å². The largest absolute Gasteiger partial charge is 0.379 e. The Hall–Kier alpha value is -2.01. The normalized spacial score (nSPS) is 21.7. The van der Waals surface area contributed by atoms with Crippen LogP contribution in [0.5, 0.6) is 0 Å². The number of carbonyl (C=O) groups is 2. The summed E-state index contributed by atoms with van der Waals surface area (Å²) >= 11 is 0. The van der Waals surface area contributed by atoms with E-state index >= 15 is 0 Å². The van der Waals surface area contributed by atoms with Crippen LogP contribution in [0.4, 0.5) is 5.69 Å². The maximum Gasteiger partial charge on any atom is 0.243 e.